The van der Waals surface area contributed by atoms with E-state index < -0.39 is 0 Å². The minimum absolute atomic E-state index is 0.0596. The predicted molar refractivity (Wildman–Crippen MR) is 93.0 cm³/mol. The summed E-state index contributed by atoms with van der Waals surface area (Å²) >= 11 is 0. The average Bonchev–Trinajstić information content (AvgIpc) is 3.23. The molecule has 1 saturated heterocycles. The van der Waals surface area contributed by atoms with E-state index in [9.17, 15) is 9.59 Å². The fourth-order valence-electron chi connectivity index (χ4n) is 2.96. The molecule has 1 aliphatic rings. The van der Waals surface area contributed by atoms with Crippen LogP contribution in [0.5, 0.6) is 5.75 Å². The van der Waals surface area contributed by atoms with Crippen LogP contribution in [0.4, 0.5) is 5.69 Å². The van der Waals surface area contributed by atoms with Gasteiger partial charge in [-0.15, -0.1) is 0 Å². The molecule has 1 aromatic heterocycles. The van der Waals surface area contributed by atoms with Crippen molar-refractivity contribution in [1.29, 1.82) is 0 Å². The fraction of sp³-hybridized carbons (Fsp3) is 0.389. The number of hydrogen-bond acceptors (Lipinski definition) is 4. The molecule has 7 heteroatoms. The molecular weight excluding hydrogens is 320 g/mol. The topological polar surface area (TPSA) is 76.5 Å². The molecular formula is C18H22N4O3. The zero-order valence-corrected chi connectivity index (χ0v) is 14.4. The van der Waals surface area contributed by atoms with Crippen LogP contribution in [0.2, 0.25) is 0 Å². The molecule has 3 rings (SSSR count). The predicted octanol–water partition coefficient (Wildman–Crippen LogP) is 1.95. The number of rotatable bonds is 5. The van der Waals surface area contributed by atoms with E-state index in [1.165, 1.54) is 6.92 Å². The van der Waals surface area contributed by atoms with E-state index in [1.54, 1.807) is 35.4 Å². The maximum absolute atomic E-state index is 12.4. The molecule has 1 aromatic carbocycles. The first-order valence-corrected chi connectivity index (χ1v) is 8.32. The summed E-state index contributed by atoms with van der Waals surface area (Å²) in [6, 6.07) is 6.81. The summed E-state index contributed by atoms with van der Waals surface area (Å²) in [5.41, 5.74) is 0.685. The smallest absolute Gasteiger partial charge is 0.247 e. The maximum Gasteiger partial charge on any atom is 0.247 e. The molecule has 25 heavy (non-hydrogen) atoms. The van der Waals surface area contributed by atoms with Crippen molar-refractivity contribution >= 4 is 17.5 Å². The van der Waals surface area contributed by atoms with Gasteiger partial charge in [-0.3, -0.25) is 9.59 Å². The van der Waals surface area contributed by atoms with Gasteiger partial charge in [-0.2, -0.15) is 0 Å². The van der Waals surface area contributed by atoms with Crippen LogP contribution < -0.4 is 10.1 Å². The van der Waals surface area contributed by atoms with E-state index in [4.69, 9.17) is 4.74 Å². The Morgan fingerprint density at radius 2 is 2.08 bits per heavy atom. The second kappa shape index (κ2) is 7.38. The SMILES string of the molecule is CC(=O)N1CCCC1C(=O)Nc1ccc(OCc2nccn2C)cc1. The summed E-state index contributed by atoms with van der Waals surface area (Å²) in [4.78, 5) is 29.8. The van der Waals surface area contributed by atoms with E-state index in [-0.39, 0.29) is 17.9 Å². The third-order valence-electron chi connectivity index (χ3n) is 4.37. The molecule has 0 saturated carbocycles. The van der Waals surface area contributed by atoms with Gasteiger partial charge in [-0.05, 0) is 37.1 Å². The molecule has 0 radical (unpaired) electrons. The normalized spacial score (nSPS) is 16.7. The average molecular weight is 342 g/mol. The van der Waals surface area contributed by atoms with Gasteiger partial charge in [-0.25, -0.2) is 4.98 Å². The Labute approximate surface area is 146 Å². The van der Waals surface area contributed by atoms with Gasteiger partial charge in [0.2, 0.25) is 11.8 Å². The van der Waals surface area contributed by atoms with Crippen LogP contribution in [-0.4, -0.2) is 38.9 Å². The van der Waals surface area contributed by atoms with Crippen LogP contribution in [0.1, 0.15) is 25.6 Å². The molecule has 1 fully saturated rings. The molecule has 2 amide bonds. The largest absolute Gasteiger partial charge is 0.486 e. The van der Waals surface area contributed by atoms with Crippen LogP contribution in [0, 0.1) is 0 Å². The summed E-state index contributed by atoms with van der Waals surface area (Å²) in [5, 5.41) is 2.87. The van der Waals surface area contributed by atoms with Crippen molar-refractivity contribution in [3.8, 4) is 5.75 Å². The lowest BCUT2D eigenvalue weighted by Crippen LogP contribution is -2.42. The maximum atomic E-state index is 12.4. The van der Waals surface area contributed by atoms with Gasteiger partial charge in [0, 0.05) is 38.6 Å². The number of carbonyl (C=O) groups is 2. The van der Waals surface area contributed by atoms with Crippen LogP contribution in [0.15, 0.2) is 36.7 Å². The van der Waals surface area contributed by atoms with E-state index in [0.717, 1.165) is 12.2 Å². The number of ether oxygens (including phenoxy) is 1. The number of likely N-dealkylation sites (tertiary alicyclic amines) is 1. The minimum Gasteiger partial charge on any atom is -0.486 e. The van der Waals surface area contributed by atoms with Gasteiger partial charge in [0.1, 0.15) is 24.2 Å². The van der Waals surface area contributed by atoms with Crippen molar-refractivity contribution in [2.75, 3.05) is 11.9 Å². The Morgan fingerprint density at radius 1 is 1.32 bits per heavy atom. The first-order chi connectivity index (χ1) is 12.0. The highest BCUT2D eigenvalue weighted by Gasteiger charge is 2.32. The van der Waals surface area contributed by atoms with Crippen LogP contribution in [0.3, 0.4) is 0 Å². The summed E-state index contributed by atoms with van der Waals surface area (Å²) in [7, 11) is 1.91. The van der Waals surface area contributed by atoms with E-state index >= 15 is 0 Å². The van der Waals surface area contributed by atoms with Crippen molar-refractivity contribution in [2.45, 2.75) is 32.4 Å². The number of aromatic nitrogens is 2. The Balaban J connectivity index is 1.56. The number of aryl methyl sites for hydroxylation is 1. The van der Waals surface area contributed by atoms with Crippen LogP contribution in [0.25, 0.3) is 0 Å². The van der Waals surface area contributed by atoms with Gasteiger partial charge >= 0.3 is 0 Å². The fourth-order valence-corrected chi connectivity index (χ4v) is 2.96. The second-order valence-electron chi connectivity index (χ2n) is 6.13. The molecule has 132 valence electrons. The molecule has 2 heterocycles. The van der Waals surface area contributed by atoms with Gasteiger partial charge in [0.15, 0.2) is 0 Å². The molecule has 0 spiro atoms. The molecule has 1 atom stereocenters. The second-order valence-corrected chi connectivity index (χ2v) is 6.13. The number of hydrogen-bond donors (Lipinski definition) is 1. The lowest BCUT2D eigenvalue weighted by Gasteiger charge is -2.22. The zero-order chi connectivity index (χ0) is 17.8. The molecule has 0 aliphatic carbocycles. The number of nitrogens with zero attached hydrogens (tertiary/aromatic N) is 3. The highest BCUT2D eigenvalue weighted by Crippen LogP contribution is 2.21. The van der Waals surface area contributed by atoms with Crippen LogP contribution in [-0.2, 0) is 23.2 Å². The summed E-state index contributed by atoms with van der Waals surface area (Å²) in [6.07, 6.45) is 5.16. The summed E-state index contributed by atoms with van der Waals surface area (Å²) in [5.74, 6) is 1.33. The van der Waals surface area contributed by atoms with Gasteiger partial charge in [0.05, 0.1) is 0 Å². The standard InChI is InChI=1S/C18H22N4O3/c1-13(23)22-10-3-4-16(22)18(24)20-14-5-7-15(8-6-14)25-12-17-19-9-11-21(17)2/h5-9,11,16H,3-4,10,12H2,1-2H3,(H,20,24). The van der Waals surface area contributed by atoms with E-state index in [2.05, 4.69) is 10.3 Å². The van der Waals surface area contributed by atoms with Crippen molar-refractivity contribution < 1.29 is 14.3 Å². The lowest BCUT2D eigenvalue weighted by molar-refractivity contribution is -0.134. The third-order valence-corrected chi connectivity index (χ3v) is 4.37. The highest BCUT2D eigenvalue weighted by molar-refractivity contribution is 5.97. The quantitative estimate of drug-likeness (QED) is 0.901. The Hall–Kier alpha value is -2.83. The number of imidazole rings is 1. The minimum atomic E-state index is -0.378. The number of carbonyl (C=O) groups excluding carboxylic acids is 2. The third kappa shape index (κ3) is 3.99. The molecule has 1 unspecified atom stereocenters. The summed E-state index contributed by atoms with van der Waals surface area (Å²) < 4.78 is 7.59. The van der Waals surface area contributed by atoms with E-state index in [1.807, 2.05) is 17.8 Å². The summed E-state index contributed by atoms with van der Waals surface area (Å²) in [6.45, 7) is 2.53. The van der Waals surface area contributed by atoms with Crippen LogP contribution >= 0.6 is 0 Å². The molecule has 1 aliphatic heterocycles. The van der Waals surface area contributed by atoms with Gasteiger partial charge in [0.25, 0.3) is 0 Å². The lowest BCUT2D eigenvalue weighted by atomic mass is 10.2. The molecule has 0 bridgehead atoms. The Kier molecular flexibility index (Phi) is 5.02. The number of anilines is 1. The van der Waals surface area contributed by atoms with Crippen molar-refractivity contribution in [3.63, 3.8) is 0 Å². The van der Waals surface area contributed by atoms with Gasteiger partial charge < -0.3 is 19.5 Å². The molecule has 2 aromatic rings. The first kappa shape index (κ1) is 17.0. The van der Waals surface area contributed by atoms with E-state index in [0.29, 0.717) is 31.0 Å². The Bertz CT molecular complexity index is 754. The number of benzene rings is 1. The first-order valence-electron chi connectivity index (χ1n) is 8.32. The van der Waals surface area contributed by atoms with Crippen molar-refractivity contribution in [1.82, 2.24) is 14.5 Å². The molecule has 1 N–H and O–H groups in total. The zero-order valence-electron chi connectivity index (χ0n) is 14.4. The van der Waals surface area contributed by atoms with Gasteiger partial charge in [-0.1, -0.05) is 0 Å². The molecule has 7 nitrogen and oxygen atoms in total. The van der Waals surface area contributed by atoms with Crippen molar-refractivity contribution in [2.24, 2.45) is 7.05 Å². The monoisotopic (exact) mass is 342 g/mol. The number of amides is 2. The Morgan fingerprint density at radius 3 is 2.72 bits per heavy atom. The number of nitrogens with one attached hydrogen (secondary N) is 1. The van der Waals surface area contributed by atoms with Crippen molar-refractivity contribution in [3.05, 3.63) is 42.5 Å². The highest BCUT2D eigenvalue weighted by atomic mass is 16.5.